The Labute approximate surface area is 216 Å². The number of nitrogens with one attached hydrogen (secondary N) is 2. The summed E-state index contributed by atoms with van der Waals surface area (Å²) < 4.78 is 8.06. The summed E-state index contributed by atoms with van der Waals surface area (Å²) in [5, 5.41) is 12.1. The molecule has 36 heavy (non-hydrogen) atoms. The molecule has 0 bridgehead atoms. The van der Waals surface area contributed by atoms with Crippen molar-refractivity contribution in [1.29, 1.82) is 0 Å². The number of aryl methyl sites for hydroxylation is 1. The van der Waals surface area contributed by atoms with Crippen LogP contribution in [0.1, 0.15) is 21.6 Å². The van der Waals surface area contributed by atoms with Crippen molar-refractivity contribution in [3.05, 3.63) is 77.6 Å². The third-order valence-corrected chi connectivity index (χ3v) is 8.14. The molecule has 0 spiro atoms. The standard InChI is InChI=1S/C26H28AsN6O3/c1-32(2)26(35)30-24-13-17(11-12-28-24)15-27-21-8-6-5-7-19(21)25(34)29-18-9-10-20-22(16-36-4)31-33(3)23(20)14-18/h5-14H,15-16H2,1-4H3,(H,29,34)(H,28,30,35). The number of rotatable bonds is 8. The van der Waals surface area contributed by atoms with Crippen molar-refractivity contribution in [2.24, 2.45) is 7.05 Å². The van der Waals surface area contributed by atoms with Gasteiger partial charge in [-0.3, -0.25) is 0 Å². The predicted octanol–water partition coefficient (Wildman–Crippen LogP) is 2.99. The number of hydrogen-bond donors (Lipinski definition) is 2. The van der Waals surface area contributed by atoms with Gasteiger partial charge in [0.2, 0.25) is 0 Å². The van der Waals surface area contributed by atoms with Gasteiger partial charge in [0.15, 0.2) is 0 Å². The van der Waals surface area contributed by atoms with Crippen LogP contribution in [-0.4, -0.2) is 68.6 Å². The van der Waals surface area contributed by atoms with Gasteiger partial charge in [-0.2, -0.15) is 0 Å². The summed E-state index contributed by atoms with van der Waals surface area (Å²) in [5.74, 6) is 0.367. The van der Waals surface area contributed by atoms with Crippen LogP contribution in [-0.2, 0) is 23.6 Å². The van der Waals surface area contributed by atoms with E-state index < -0.39 is 0 Å². The van der Waals surface area contributed by atoms with Gasteiger partial charge in [0.05, 0.1) is 0 Å². The van der Waals surface area contributed by atoms with Crippen molar-refractivity contribution in [2.45, 2.75) is 11.8 Å². The van der Waals surface area contributed by atoms with Gasteiger partial charge in [0.25, 0.3) is 0 Å². The van der Waals surface area contributed by atoms with E-state index in [-0.39, 0.29) is 27.7 Å². The van der Waals surface area contributed by atoms with E-state index >= 15 is 0 Å². The van der Waals surface area contributed by atoms with Gasteiger partial charge < -0.3 is 0 Å². The number of amides is 3. The number of aromatic nitrogens is 3. The van der Waals surface area contributed by atoms with Crippen LogP contribution < -0.4 is 15.0 Å². The van der Waals surface area contributed by atoms with E-state index in [1.54, 1.807) is 32.1 Å². The van der Waals surface area contributed by atoms with E-state index in [1.807, 2.05) is 61.6 Å². The van der Waals surface area contributed by atoms with Gasteiger partial charge in [-0.25, -0.2) is 0 Å². The van der Waals surface area contributed by atoms with Crippen LogP contribution in [0.5, 0.6) is 0 Å². The van der Waals surface area contributed by atoms with Crippen molar-refractivity contribution >= 4 is 54.4 Å². The Morgan fingerprint density at radius 2 is 1.89 bits per heavy atom. The predicted molar refractivity (Wildman–Crippen MR) is 142 cm³/mol. The van der Waals surface area contributed by atoms with E-state index in [2.05, 4.69) is 20.7 Å². The van der Waals surface area contributed by atoms with Gasteiger partial charge in [-0.15, -0.1) is 0 Å². The number of methoxy groups -OCH3 is 1. The third kappa shape index (κ3) is 5.93. The zero-order chi connectivity index (χ0) is 25.7. The zero-order valence-corrected chi connectivity index (χ0v) is 22.5. The van der Waals surface area contributed by atoms with Crippen molar-refractivity contribution < 1.29 is 14.3 Å². The molecule has 4 aromatic rings. The summed E-state index contributed by atoms with van der Waals surface area (Å²) in [6.45, 7) is 0.431. The Kier molecular flexibility index (Phi) is 8.03. The second-order valence-corrected chi connectivity index (χ2v) is 10.7. The minimum atomic E-state index is -0.333. The minimum absolute atomic E-state index is 0.145. The number of fused-ring (bicyclic) bond motifs is 1. The van der Waals surface area contributed by atoms with Crippen LogP contribution in [0.15, 0.2) is 60.8 Å². The summed E-state index contributed by atoms with van der Waals surface area (Å²) in [6, 6.07) is 17.0. The Hall–Kier alpha value is -3.68. The molecule has 2 aromatic heterocycles. The van der Waals surface area contributed by atoms with Crippen LogP contribution in [0.25, 0.3) is 10.9 Å². The number of benzene rings is 2. The molecule has 9 nitrogen and oxygen atoms in total. The van der Waals surface area contributed by atoms with Crippen molar-refractivity contribution in [2.75, 3.05) is 31.8 Å². The number of carbonyl (C=O) groups is 2. The molecule has 0 atom stereocenters. The average Bonchev–Trinajstić information content (AvgIpc) is 3.17. The molecule has 2 aromatic carbocycles. The first-order chi connectivity index (χ1) is 17.4. The summed E-state index contributed by atoms with van der Waals surface area (Å²) in [5.41, 5.74) is 4.22. The maximum atomic E-state index is 13.2. The summed E-state index contributed by atoms with van der Waals surface area (Å²) >= 11 is -0.333. The summed E-state index contributed by atoms with van der Waals surface area (Å²) in [7, 11) is 6.88. The molecule has 0 saturated heterocycles. The van der Waals surface area contributed by atoms with Crippen LogP contribution in [0, 0.1) is 0 Å². The molecule has 0 aliphatic rings. The van der Waals surface area contributed by atoms with Gasteiger partial charge >= 0.3 is 217 Å². The van der Waals surface area contributed by atoms with Gasteiger partial charge in [-0.05, 0) is 0 Å². The number of carbonyl (C=O) groups excluding carboxylic acids is 2. The third-order valence-electron chi connectivity index (χ3n) is 5.51. The fourth-order valence-electron chi connectivity index (χ4n) is 3.69. The van der Waals surface area contributed by atoms with Gasteiger partial charge in [0.1, 0.15) is 0 Å². The topological polar surface area (TPSA) is 101 Å². The number of ether oxygens (including phenoxy) is 1. The van der Waals surface area contributed by atoms with E-state index in [0.29, 0.717) is 23.7 Å². The SMILES string of the molecule is COCc1nn(C)c2cc(NC(=O)c3ccccc3[As]Cc3ccnc(NC(=O)N(C)C)c3)ccc12. The Morgan fingerprint density at radius 1 is 1.08 bits per heavy atom. The molecular formula is C26H28AsN6O3. The monoisotopic (exact) mass is 547 g/mol. The normalized spacial score (nSPS) is 11.2. The molecule has 1 radical (unpaired) electrons. The second-order valence-electron chi connectivity index (χ2n) is 8.40. The van der Waals surface area contributed by atoms with Gasteiger partial charge in [-0.1, -0.05) is 0 Å². The van der Waals surface area contributed by atoms with Crippen molar-refractivity contribution in [3.8, 4) is 0 Å². The molecule has 0 aliphatic heterocycles. The molecule has 4 rings (SSSR count). The first-order valence-corrected chi connectivity index (χ1v) is 13.6. The number of urea groups is 1. The number of anilines is 2. The van der Waals surface area contributed by atoms with E-state index in [4.69, 9.17) is 4.74 Å². The Morgan fingerprint density at radius 3 is 2.67 bits per heavy atom. The molecule has 185 valence electrons. The molecule has 10 heteroatoms. The number of nitrogens with zero attached hydrogens (tertiary/aromatic N) is 4. The second kappa shape index (κ2) is 11.4. The summed E-state index contributed by atoms with van der Waals surface area (Å²) in [6.07, 6.45) is 1.69. The van der Waals surface area contributed by atoms with Crippen LogP contribution in [0.3, 0.4) is 0 Å². The first kappa shape index (κ1) is 25.4. The number of pyridine rings is 1. The average molecular weight is 547 g/mol. The maximum absolute atomic E-state index is 13.2. The molecule has 0 unspecified atom stereocenters. The molecule has 0 fully saturated rings. The Balaban J connectivity index is 1.47. The van der Waals surface area contributed by atoms with Crippen LogP contribution >= 0.6 is 0 Å². The van der Waals surface area contributed by atoms with E-state index in [9.17, 15) is 9.59 Å². The fraction of sp³-hybridized carbons (Fsp3) is 0.231. The number of hydrogen-bond acceptors (Lipinski definition) is 5. The fourth-order valence-corrected chi connectivity index (χ4v) is 5.98. The van der Waals surface area contributed by atoms with Crippen LogP contribution in [0.4, 0.5) is 16.3 Å². The molecule has 2 heterocycles. The molecule has 0 aliphatic carbocycles. The molecular weight excluding hydrogens is 519 g/mol. The first-order valence-electron chi connectivity index (χ1n) is 11.3. The molecule has 2 N–H and O–H groups in total. The summed E-state index contributed by atoms with van der Waals surface area (Å²) in [4.78, 5) is 30.8. The molecule has 0 saturated carbocycles. The Bertz CT molecular complexity index is 1400. The van der Waals surface area contributed by atoms with Crippen molar-refractivity contribution in [3.63, 3.8) is 0 Å². The van der Waals surface area contributed by atoms with E-state index in [0.717, 1.165) is 31.7 Å². The molecule has 3 amide bonds. The zero-order valence-electron chi connectivity index (χ0n) is 20.6. The van der Waals surface area contributed by atoms with Crippen LogP contribution in [0.2, 0.25) is 0 Å². The quantitative estimate of drug-likeness (QED) is 0.331. The van der Waals surface area contributed by atoms with E-state index in [1.165, 1.54) is 4.90 Å². The van der Waals surface area contributed by atoms with Crippen molar-refractivity contribution in [1.82, 2.24) is 19.7 Å². The van der Waals surface area contributed by atoms with Gasteiger partial charge in [0, 0.05) is 0 Å².